The zero-order chi connectivity index (χ0) is 17.7. The molecule has 0 fully saturated rings. The molecule has 3 rings (SSSR count). The predicted octanol–water partition coefficient (Wildman–Crippen LogP) is 4.12. The molecule has 1 aliphatic heterocycles. The molecule has 1 aliphatic rings. The van der Waals surface area contributed by atoms with E-state index >= 15 is 0 Å². The van der Waals surface area contributed by atoms with Gasteiger partial charge >= 0.3 is 6.36 Å². The molecule has 1 aromatic heterocycles. The minimum atomic E-state index is -4.80. The summed E-state index contributed by atoms with van der Waals surface area (Å²) in [5, 5.41) is 0.264. The van der Waals surface area contributed by atoms with Crippen molar-refractivity contribution in [3.63, 3.8) is 0 Å². The van der Waals surface area contributed by atoms with Gasteiger partial charge in [-0.2, -0.15) is 0 Å². The average Bonchev–Trinajstić information content (AvgIpc) is 2.69. The van der Waals surface area contributed by atoms with E-state index in [1.165, 1.54) is 16.7 Å². The monoisotopic (exact) mass is 400 g/mol. The first-order chi connectivity index (χ1) is 11.1. The second-order valence-corrected chi connectivity index (χ2v) is 7.55. The van der Waals surface area contributed by atoms with Crippen LogP contribution in [0.15, 0.2) is 24.3 Å². The normalized spacial score (nSPS) is 16.4. The van der Waals surface area contributed by atoms with Gasteiger partial charge in [-0.25, -0.2) is 8.42 Å². The summed E-state index contributed by atoms with van der Waals surface area (Å²) in [4.78, 5) is 0. The Balaban J connectivity index is 2.04. The quantitative estimate of drug-likeness (QED) is 0.824. The Morgan fingerprint density at radius 2 is 1.79 bits per heavy atom. The second-order valence-electron chi connectivity index (χ2n) is 4.97. The highest BCUT2D eigenvalue weighted by atomic mass is 35.5. The van der Waals surface area contributed by atoms with Crippen LogP contribution >= 0.6 is 23.2 Å². The number of aromatic nitrogens is 1. The lowest BCUT2D eigenvalue weighted by atomic mass is 10.1. The van der Waals surface area contributed by atoms with Crippen LogP contribution in [0.2, 0.25) is 10.2 Å². The molecule has 0 bridgehead atoms. The first kappa shape index (κ1) is 17.2. The molecule has 0 unspecified atom stereocenters. The maximum absolute atomic E-state index is 12.2. The lowest BCUT2D eigenvalue weighted by molar-refractivity contribution is -0.274. The molecule has 130 valence electrons. The number of ether oxygens (including phenoxy) is 1. The first-order valence-corrected chi connectivity index (χ1v) is 8.92. The summed E-state index contributed by atoms with van der Waals surface area (Å²) in [6, 6.07) is 4.88. The summed E-state index contributed by atoms with van der Waals surface area (Å²) < 4.78 is 67.8. The van der Waals surface area contributed by atoms with Crippen LogP contribution in [-0.4, -0.2) is 25.1 Å². The first-order valence-electron chi connectivity index (χ1n) is 6.51. The Hall–Kier alpha value is -1.58. The third kappa shape index (κ3) is 3.28. The summed E-state index contributed by atoms with van der Waals surface area (Å²) in [5.74, 6) is -0.370. The summed E-state index contributed by atoms with van der Waals surface area (Å²) >= 11 is 12.3. The fourth-order valence-electron chi connectivity index (χ4n) is 2.37. The highest BCUT2D eigenvalue weighted by Crippen LogP contribution is 2.44. The van der Waals surface area contributed by atoms with E-state index in [1.54, 1.807) is 0 Å². The lowest BCUT2D eigenvalue weighted by Crippen LogP contribution is -2.27. The van der Waals surface area contributed by atoms with E-state index < -0.39 is 22.1 Å². The molecule has 24 heavy (non-hydrogen) atoms. The van der Waals surface area contributed by atoms with Crippen LogP contribution in [0.25, 0.3) is 11.1 Å². The second kappa shape index (κ2) is 5.75. The Kier molecular flexibility index (Phi) is 4.13. The SMILES string of the molecule is O=S1(=O)CCn2c(Cl)c(Cl)c(-c3ccc(OC(F)(F)F)cc3)c2N1. The third-order valence-electron chi connectivity index (χ3n) is 3.36. The molecule has 0 saturated carbocycles. The van der Waals surface area contributed by atoms with Crippen LogP contribution in [-0.2, 0) is 16.6 Å². The smallest absolute Gasteiger partial charge is 0.406 e. The number of alkyl halides is 3. The molecule has 0 saturated heterocycles. The van der Waals surface area contributed by atoms with Crippen molar-refractivity contribution in [2.45, 2.75) is 12.9 Å². The van der Waals surface area contributed by atoms with E-state index in [0.717, 1.165) is 12.1 Å². The maximum Gasteiger partial charge on any atom is 0.573 e. The number of rotatable bonds is 2. The predicted molar refractivity (Wildman–Crippen MR) is 84.0 cm³/mol. The number of nitrogens with zero attached hydrogens (tertiary/aromatic N) is 1. The Morgan fingerprint density at radius 1 is 1.17 bits per heavy atom. The Labute approximate surface area is 145 Å². The number of nitrogens with one attached hydrogen (secondary N) is 1. The van der Waals surface area contributed by atoms with Gasteiger partial charge < -0.3 is 9.30 Å². The van der Waals surface area contributed by atoms with E-state index in [-0.39, 0.29) is 28.3 Å². The van der Waals surface area contributed by atoms with Gasteiger partial charge in [0.25, 0.3) is 0 Å². The molecule has 0 radical (unpaired) electrons. The topological polar surface area (TPSA) is 60.3 Å². The number of sulfonamides is 1. The molecule has 2 aromatic rings. The Bertz CT molecular complexity index is 893. The minimum Gasteiger partial charge on any atom is -0.406 e. The van der Waals surface area contributed by atoms with Gasteiger partial charge in [-0.15, -0.1) is 13.2 Å². The van der Waals surface area contributed by atoms with Crippen molar-refractivity contribution < 1.29 is 26.3 Å². The van der Waals surface area contributed by atoms with Gasteiger partial charge in [0, 0.05) is 12.1 Å². The molecule has 0 aliphatic carbocycles. The minimum absolute atomic E-state index is 0.112. The highest BCUT2D eigenvalue weighted by molar-refractivity contribution is 7.92. The summed E-state index contributed by atoms with van der Waals surface area (Å²) in [6.45, 7) is 0.124. The number of hydrogen-bond acceptors (Lipinski definition) is 3. The van der Waals surface area contributed by atoms with Crippen LogP contribution in [0.3, 0.4) is 0 Å². The number of hydrogen-bond donors (Lipinski definition) is 1. The van der Waals surface area contributed by atoms with Gasteiger partial charge in [0.2, 0.25) is 10.0 Å². The van der Waals surface area contributed by atoms with Crippen molar-refractivity contribution in [3.05, 3.63) is 34.4 Å². The number of fused-ring (bicyclic) bond motifs is 1. The summed E-state index contributed by atoms with van der Waals surface area (Å²) in [6.07, 6.45) is -4.80. The van der Waals surface area contributed by atoms with Crippen molar-refractivity contribution in [2.24, 2.45) is 0 Å². The molecule has 0 amide bonds. The van der Waals surface area contributed by atoms with E-state index in [2.05, 4.69) is 9.46 Å². The number of anilines is 1. The van der Waals surface area contributed by atoms with Crippen LogP contribution in [0.5, 0.6) is 5.75 Å². The van der Waals surface area contributed by atoms with Crippen LogP contribution in [0.1, 0.15) is 0 Å². The molecule has 1 N–H and O–H groups in total. The average molecular weight is 401 g/mol. The zero-order valence-electron chi connectivity index (χ0n) is 11.7. The van der Waals surface area contributed by atoms with Crippen LogP contribution < -0.4 is 9.46 Å². The van der Waals surface area contributed by atoms with Crippen molar-refractivity contribution in [3.8, 4) is 16.9 Å². The standard InChI is InChI=1S/C13H9Cl2F3N2O3S/c14-10-9(7-1-3-8(4-2-7)23-13(16,17)18)12-19-24(21,22)6-5-20(12)11(10)15/h1-4,19H,5-6H2. The fourth-order valence-corrected chi connectivity index (χ4v) is 3.97. The molecule has 0 atom stereocenters. The highest BCUT2D eigenvalue weighted by Gasteiger charge is 2.32. The van der Waals surface area contributed by atoms with Crippen molar-refractivity contribution in [2.75, 3.05) is 10.5 Å². The van der Waals surface area contributed by atoms with Gasteiger partial charge in [0.15, 0.2) is 0 Å². The lowest BCUT2D eigenvalue weighted by Gasteiger charge is -2.19. The van der Waals surface area contributed by atoms with Gasteiger partial charge in [-0.1, -0.05) is 35.3 Å². The summed E-state index contributed by atoms with van der Waals surface area (Å²) in [7, 11) is -3.52. The van der Waals surface area contributed by atoms with Crippen molar-refractivity contribution in [1.82, 2.24) is 4.57 Å². The van der Waals surface area contributed by atoms with Gasteiger partial charge in [-0.05, 0) is 17.7 Å². The van der Waals surface area contributed by atoms with Gasteiger partial charge in [-0.3, -0.25) is 4.72 Å². The largest absolute Gasteiger partial charge is 0.573 e. The van der Waals surface area contributed by atoms with E-state index in [0.29, 0.717) is 11.1 Å². The van der Waals surface area contributed by atoms with Crippen molar-refractivity contribution in [1.29, 1.82) is 0 Å². The third-order valence-corrected chi connectivity index (χ3v) is 5.44. The molecule has 2 heterocycles. The van der Waals surface area contributed by atoms with E-state index in [4.69, 9.17) is 23.2 Å². The fraction of sp³-hybridized carbons (Fsp3) is 0.231. The number of benzene rings is 1. The Morgan fingerprint density at radius 3 is 2.38 bits per heavy atom. The number of halogens is 5. The molecule has 11 heteroatoms. The van der Waals surface area contributed by atoms with Gasteiger partial charge in [0.1, 0.15) is 16.7 Å². The maximum atomic E-state index is 12.2. The van der Waals surface area contributed by atoms with E-state index in [1.807, 2.05) is 0 Å². The molecule has 1 aromatic carbocycles. The molecular weight excluding hydrogens is 392 g/mol. The van der Waals surface area contributed by atoms with Crippen LogP contribution in [0.4, 0.5) is 19.0 Å². The summed E-state index contributed by atoms with van der Waals surface area (Å²) in [5.41, 5.74) is 0.693. The van der Waals surface area contributed by atoms with Crippen molar-refractivity contribution >= 4 is 39.0 Å². The van der Waals surface area contributed by atoms with E-state index in [9.17, 15) is 21.6 Å². The van der Waals surface area contributed by atoms with Crippen LogP contribution in [0, 0.1) is 0 Å². The molecular formula is C13H9Cl2F3N2O3S. The van der Waals surface area contributed by atoms with Gasteiger partial charge in [0.05, 0.1) is 10.8 Å². The zero-order valence-corrected chi connectivity index (χ0v) is 14.0. The molecule has 0 spiro atoms. The molecule has 5 nitrogen and oxygen atoms in total.